The van der Waals surface area contributed by atoms with Crippen LogP contribution in [0.4, 0.5) is 0 Å². The van der Waals surface area contributed by atoms with Gasteiger partial charge in [0.25, 0.3) is 0 Å². The minimum absolute atomic E-state index is 0.371. The average molecular weight is 194 g/mol. The summed E-state index contributed by atoms with van der Waals surface area (Å²) < 4.78 is 0. The van der Waals surface area contributed by atoms with E-state index >= 15 is 0 Å². The van der Waals surface area contributed by atoms with Gasteiger partial charge in [0.1, 0.15) is 0 Å². The van der Waals surface area contributed by atoms with Crippen LogP contribution in [-0.2, 0) is 0 Å². The van der Waals surface area contributed by atoms with E-state index in [1.54, 1.807) is 12.1 Å². The summed E-state index contributed by atoms with van der Waals surface area (Å²) in [5, 5.41) is 8.68. The molecule has 0 atom stereocenters. The number of carbonyl (C=O) groups is 1. The molecular weight excluding hydrogens is 184 g/mol. The van der Waals surface area contributed by atoms with Crippen LogP contribution in [0.1, 0.15) is 21.8 Å². The van der Waals surface area contributed by atoms with Gasteiger partial charge in [-0.2, -0.15) is 11.8 Å². The summed E-state index contributed by atoms with van der Waals surface area (Å²) in [4.78, 5) is 10.6. The molecule has 0 aromatic heterocycles. The number of aromatic carboxylic acids is 1. The molecule has 3 heteroatoms. The van der Waals surface area contributed by atoms with E-state index in [1.165, 1.54) is 17.1 Å². The van der Waals surface area contributed by atoms with E-state index in [4.69, 9.17) is 5.11 Å². The van der Waals surface area contributed by atoms with Gasteiger partial charge in [-0.05, 0) is 17.7 Å². The summed E-state index contributed by atoms with van der Waals surface area (Å²) >= 11 is 1.93. The summed E-state index contributed by atoms with van der Waals surface area (Å²) in [5.41, 5.74) is 1.64. The lowest BCUT2D eigenvalue weighted by molar-refractivity contribution is 0.0697. The van der Waals surface area contributed by atoms with Crippen molar-refractivity contribution in [1.82, 2.24) is 0 Å². The van der Waals surface area contributed by atoms with Crippen LogP contribution in [0.2, 0.25) is 0 Å². The molecule has 1 aliphatic rings. The Morgan fingerprint density at radius 2 is 1.92 bits per heavy atom. The fourth-order valence-corrected chi connectivity index (χ4v) is 2.18. The molecule has 1 saturated heterocycles. The number of rotatable bonds is 2. The minimum atomic E-state index is -0.852. The third-order valence-corrected chi connectivity index (χ3v) is 3.54. The minimum Gasteiger partial charge on any atom is -0.478 e. The van der Waals surface area contributed by atoms with Gasteiger partial charge >= 0.3 is 5.97 Å². The van der Waals surface area contributed by atoms with Crippen molar-refractivity contribution in [3.05, 3.63) is 35.4 Å². The van der Waals surface area contributed by atoms with Crippen molar-refractivity contribution in [1.29, 1.82) is 0 Å². The van der Waals surface area contributed by atoms with Crippen LogP contribution in [0.25, 0.3) is 0 Å². The topological polar surface area (TPSA) is 37.3 Å². The van der Waals surface area contributed by atoms with Gasteiger partial charge < -0.3 is 5.11 Å². The van der Waals surface area contributed by atoms with Gasteiger partial charge in [-0.25, -0.2) is 4.79 Å². The first kappa shape index (κ1) is 8.63. The largest absolute Gasteiger partial charge is 0.478 e. The highest BCUT2D eigenvalue weighted by molar-refractivity contribution is 8.00. The molecule has 1 heterocycles. The Hall–Kier alpha value is -0.960. The van der Waals surface area contributed by atoms with E-state index in [9.17, 15) is 4.79 Å². The molecule has 1 aromatic rings. The smallest absolute Gasteiger partial charge is 0.335 e. The molecule has 0 aliphatic carbocycles. The average Bonchev–Trinajstić information content (AvgIpc) is 2.02. The maximum absolute atomic E-state index is 10.6. The summed E-state index contributed by atoms with van der Waals surface area (Å²) in [6, 6.07) is 7.21. The molecule has 0 saturated carbocycles. The fraction of sp³-hybridized carbons (Fsp3) is 0.300. The Bertz CT molecular complexity index is 314. The molecule has 13 heavy (non-hydrogen) atoms. The molecule has 0 bridgehead atoms. The van der Waals surface area contributed by atoms with Gasteiger partial charge in [0.15, 0.2) is 0 Å². The van der Waals surface area contributed by atoms with Gasteiger partial charge in [-0.15, -0.1) is 0 Å². The summed E-state index contributed by atoms with van der Waals surface area (Å²) in [6.45, 7) is 0. The highest BCUT2D eigenvalue weighted by Gasteiger charge is 2.19. The Labute approximate surface area is 81.0 Å². The molecule has 2 rings (SSSR count). The van der Waals surface area contributed by atoms with Crippen LogP contribution in [0.5, 0.6) is 0 Å². The second kappa shape index (κ2) is 3.42. The molecule has 1 fully saturated rings. The van der Waals surface area contributed by atoms with Crippen LogP contribution in [0.15, 0.2) is 24.3 Å². The normalized spacial score (nSPS) is 16.6. The first-order valence-corrected chi connectivity index (χ1v) is 5.34. The predicted molar refractivity (Wildman–Crippen MR) is 53.5 cm³/mol. The molecule has 2 nitrogen and oxygen atoms in total. The summed E-state index contributed by atoms with van der Waals surface area (Å²) in [6.07, 6.45) is 0. The zero-order valence-corrected chi connectivity index (χ0v) is 7.88. The van der Waals surface area contributed by atoms with Crippen molar-refractivity contribution < 1.29 is 9.90 Å². The zero-order chi connectivity index (χ0) is 9.26. The first-order valence-electron chi connectivity index (χ1n) is 4.18. The lowest BCUT2D eigenvalue weighted by Gasteiger charge is -2.25. The zero-order valence-electron chi connectivity index (χ0n) is 7.06. The van der Waals surface area contributed by atoms with Crippen LogP contribution in [0, 0.1) is 0 Å². The molecular formula is C10H10O2S. The van der Waals surface area contributed by atoms with Crippen LogP contribution < -0.4 is 0 Å². The van der Waals surface area contributed by atoms with Crippen LogP contribution >= 0.6 is 11.8 Å². The van der Waals surface area contributed by atoms with Crippen molar-refractivity contribution in [3.63, 3.8) is 0 Å². The monoisotopic (exact) mass is 194 g/mol. The van der Waals surface area contributed by atoms with Crippen LogP contribution in [-0.4, -0.2) is 22.6 Å². The molecule has 68 valence electrons. The Balaban J connectivity index is 2.17. The maximum atomic E-state index is 10.6. The SMILES string of the molecule is O=C(O)c1ccc(C2CSC2)cc1. The van der Waals surface area contributed by atoms with Crippen molar-refractivity contribution in [2.75, 3.05) is 11.5 Å². The Kier molecular flexibility index (Phi) is 2.27. The van der Waals surface area contributed by atoms with E-state index < -0.39 is 5.97 Å². The molecule has 0 spiro atoms. The van der Waals surface area contributed by atoms with Gasteiger partial charge in [0.05, 0.1) is 5.56 Å². The molecule has 0 amide bonds. The van der Waals surface area contributed by atoms with E-state index in [0.29, 0.717) is 11.5 Å². The van der Waals surface area contributed by atoms with Crippen molar-refractivity contribution >= 4 is 17.7 Å². The van der Waals surface area contributed by atoms with E-state index in [-0.39, 0.29) is 0 Å². The molecule has 0 radical (unpaired) electrons. The number of carboxylic acids is 1. The van der Waals surface area contributed by atoms with E-state index in [0.717, 1.165) is 0 Å². The second-order valence-corrected chi connectivity index (χ2v) is 4.24. The molecule has 1 aliphatic heterocycles. The van der Waals surface area contributed by atoms with E-state index in [2.05, 4.69) is 0 Å². The van der Waals surface area contributed by atoms with Gasteiger partial charge in [-0.3, -0.25) is 0 Å². The fourth-order valence-electron chi connectivity index (χ4n) is 1.33. The first-order chi connectivity index (χ1) is 6.27. The van der Waals surface area contributed by atoms with Crippen molar-refractivity contribution in [2.24, 2.45) is 0 Å². The van der Waals surface area contributed by atoms with Crippen molar-refractivity contribution in [2.45, 2.75) is 5.92 Å². The Morgan fingerprint density at radius 1 is 1.31 bits per heavy atom. The predicted octanol–water partition coefficient (Wildman–Crippen LogP) is 2.22. The lowest BCUT2D eigenvalue weighted by atomic mass is 10.0. The number of thioether (sulfide) groups is 1. The number of hydrogen-bond acceptors (Lipinski definition) is 2. The number of benzene rings is 1. The quantitative estimate of drug-likeness (QED) is 0.784. The molecule has 1 aromatic carbocycles. The standard InChI is InChI=1S/C10H10O2S/c11-10(12)8-3-1-7(2-4-8)9-5-13-6-9/h1-4,9H,5-6H2,(H,11,12). The highest BCUT2D eigenvalue weighted by Crippen LogP contribution is 2.33. The third-order valence-electron chi connectivity index (χ3n) is 2.27. The maximum Gasteiger partial charge on any atom is 0.335 e. The number of carboxylic acid groups (broad SMARTS) is 1. The number of hydrogen-bond donors (Lipinski definition) is 1. The lowest BCUT2D eigenvalue weighted by Crippen LogP contribution is -2.15. The summed E-state index contributed by atoms with van der Waals surface area (Å²) in [7, 11) is 0. The highest BCUT2D eigenvalue weighted by atomic mass is 32.2. The van der Waals surface area contributed by atoms with Gasteiger partial charge in [0.2, 0.25) is 0 Å². The second-order valence-electron chi connectivity index (χ2n) is 3.16. The van der Waals surface area contributed by atoms with Crippen LogP contribution in [0.3, 0.4) is 0 Å². The third kappa shape index (κ3) is 1.70. The van der Waals surface area contributed by atoms with E-state index in [1.807, 2.05) is 23.9 Å². The Morgan fingerprint density at radius 3 is 2.31 bits per heavy atom. The molecule has 1 N–H and O–H groups in total. The molecule has 0 unspecified atom stereocenters. The van der Waals surface area contributed by atoms with Crippen molar-refractivity contribution in [3.8, 4) is 0 Å². The van der Waals surface area contributed by atoms with Gasteiger partial charge in [-0.1, -0.05) is 12.1 Å². The van der Waals surface area contributed by atoms with Gasteiger partial charge in [0, 0.05) is 17.4 Å². The summed E-state index contributed by atoms with van der Waals surface area (Å²) in [5.74, 6) is 2.14.